The maximum atomic E-state index is 13.2. The first-order valence-corrected chi connectivity index (χ1v) is 10.8. The van der Waals surface area contributed by atoms with Gasteiger partial charge in [0.25, 0.3) is 11.8 Å². The normalized spacial score (nSPS) is 11.6. The molecule has 33 heavy (non-hydrogen) atoms. The quantitative estimate of drug-likeness (QED) is 0.522. The highest BCUT2D eigenvalue weighted by Gasteiger charge is 2.28. The minimum Gasteiger partial charge on any atom is -0.445 e. The molecule has 2 aromatic carbocycles. The van der Waals surface area contributed by atoms with Crippen molar-refractivity contribution < 1.29 is 23.5 Å². The van der Waals surface area contributed by atoms with Crippen LogP contribution in [-0.2, 0) is 16.1 Å². The molecule has 0 fully saturated rings. The molecule has 1 N–H and O–H groups in total. The number of benzene rings is 2. The lowest BCUT2D eigenvalue weighted by Crippen LogP contribution is -2.49. The summed E-state index contributed by atoms with van der Waals surface area (Å²) < 4.78 is 10.3. The second-order valence-electron chi connectivity index (χ2n) is 7.58. The van der Waals surface area contributed by atoms with Crippen molar-refractivity contribution in [1.82, 2.24) is 10.2 Å². The van der Waals surface area contributed by atoms with Crippen molar-refractivity contribution in [3.05, 3.63) is 82.2 Å². The van der Waals surface area contributed by atoms with Crippen molar-refractivity contribution in [1.29, 1.82) is 0 Å². The van der Waals surface area contributed by atoms with Crippen LogP contribution in [0.15, 0.2) is 69.9 Å². The van der Waals surface area contributed by atoms with Gasteiger partial charge in [-0.25, -0.2) is 9.59 Å². The van der Waals surface area contributed by atoms with E-state index in [1.54, 1.807) is 18.2 Å². The van der Waals surface area contributed by atoms with E-state index < -0.39 is 29.6 Å². The predicted octanol–water partition coefficient (Wildman–Crippen LogP) is 3.88. The number of amides is 3. The number of hydrogen-bond acceptors (Lipinski definition) is 6. The zero-order chi connectivity index (χ0) is 23.8. The maximum Gasteiger partial charge on any atom is 0.408 e. The van der Waals surface area contributed by atoms with Gasteiger partial charge in [-0.15, -0.1) is 0 Å². The first-order chi connectivity index (χ1) is 15.9. The Balaban J connectivity index is 1.71. The van der Waals surface area contributed by atoms with Crippen LogP contribution < -0.4 is 10.9 Å². The van der Waals surface area contributed by atoms with Crippen molar-refractivity contribution in [2.75, 3.05) is 6.54 Å². The Morgan fingerprint density at radius 2 is 1.79 bits per heavy atom. The predicted molar refractivity (Wildman–Crippen MR) is 123 cm³/mol. The van der Waals surface area contributed by atoms with Crippen LogP contribution in [0.5, 0.6) is 0 Å². The Hall–Kier alpha value is -3.94. The first kappa shape index (κ1) is 23.7. The molecule has 3 amide bonds. The van der Waals surface area contributed by atoms with Gasteiger partial charge in [0.2, 0.25) is 0 Å². The summed E-state index contributed by atoms with van der Waals surface area (Å²) in [6.07, 6.45) is 0.616. The number of carbonyl (C=O) groups is 3. The van der Waals surface area contributed by atoms with E-state index in [1.165, 1.54) is 19.1 Å². The molecular formula is C25H26N2O6. The van der Waals surface area contributed by atoms with Gasteiger partial charge in [-0.1, -0.05) is 49.7 Å². The molecule has 0 spiro atoms. The van der Waals surface area contributed by atoms with Gasteiger partial charge in [0.1, 0.15) is 18.2 Å². The Morgan fingerprint density at radius 1 is 1.06 bits per heavy atom. The van der Waals surface area contributed by atoms with E-state index in [2.05, 4.69) is 5.32 Å². The molecule has 8 heteroatoms. The SMILES string of the molecule is CCCCN(C(=O)c1ccc2ccc(=O)oc2c1)C(=O)[C@H](C)NC(=O)OCc1ccccc1. The molecule has 0 aliphatic carbocycles. The molecule has 8 nitrogen and oxygen atoms in total. The average molecular weight is 450 g/mol. The summed E-state index contributed by atoms with van der Waals surface area (Å²) in [4.78, 5) is 51.0. The molecule has 3 rings (SSSR count). The molecule has 0 saturated carbocycles. The van der Waals surface area contributed by atoms with Crippen LogP contribution in [0.4, 0.5) is 4.79 Å². The highest BCUT2D eigenvalue weighted by molar-refractivity contribution is 6.07. The number of alkyl carbamates (subject to hydrolysis) is 1. The van der Waals surface area contributed by atoms with E-state index in [0.29, 0.717) is 11.8 Å². The molecule has 0 aliphatic rings. The van der Waals surface area contributed by atoms with Gasteiger partial charge in [0.05, 0.1) is 0 Å². The Morgan fingerprint density at radius 3 is 2.52 bits per heavy atom. The fourth-order valence-corrected chi connectivity index (χ4v) is 3.21. The minimum atomic E-state index is -0.979. The molecule has 0 bridgehead atoms. The summed E-state index contributed by atoms with van der Waals surface area (Å²) >= 11 is 0. The van der Waals surface area contributed by atoms with Gasteiger partial charge in [0.15, 0.2) is 0 Å². The second kappa shape index (κ2) is 11.1. The highest BCUT2D eigenvalue weighted by Crippen LogP contribution is 2.16. The van der Waals surface area contributed by atoms with Crippen molar-refractivity contribution >= 4 is 28.9 Å². The number of nitrogens with one attached hydrogen (secondary N) is 1. The van der Waals surface area contributed by atoms with Crippen molar-refractivity contribution in [3.8, 4) is 0 Å². The highest BCUT2D eigenvalue weighted by atomic mass is 16.5. The third kappa shape index (κ3) is 6.29. The molecule has 0 saturated heterocycles. The van der Waals surface area contributed by atoms with E-state index in [1.807, 2.05) is 37.3 Å². The molecule has 0 radical (unpaired) electrons. The van der Waals surface area contributed by atoms with Crippen molar-refractivity contribution in [3.63, 3.8) is 0 Å². The summed E-state index contributed by atoms with van der Waals surface area (Å²) in [5.41, 5.74) is 0.749. The molecule has 3 aromatic rings. The zero-order valence-electron chi connectivity index (χ0n) is 18.6. The lowest BCUT2D eigenvalue weighted by molar-refractivity contribution is -0.130. The second-order valence-corrected chi connectivity index (χ2v) is 7.58. The third-order valence-corrected chi connectivity index (χ3v) is 5.03. The number of carbonyl (C=O) groups excluding carboxylic acids is 3. The Kier molecular flexibility index (Phi) is 7.96. The van der Waals surface area contributed by atoms with Crippen LogP contribution in [-0.4, -0.2) is 35.4 Å². The molecule has 172 valence electrons. The largest absolute Gasteiger partial charge is 0.445 e. The van der Waals surface area contributed by atoms with Gasteiger partial charge < -0.3 is 14.5 Å². The fourth-order valence-electron chi connectivity index (χ4n) is 3.21. The number of nitrogens with zero attached hydrogens (tertiary/aromatic N) is 1. The number of unbranched alkanes of at least 4 members (excludes halogenated alkanes) is 1. The summed E-state index contributed by atoms with van der Waals surface area (Å²) in [6.45, 7) is 3.70. The van der Waals surface area contributed by atoms with E-state index in [-0.39, 0.29) is 24.3 Å². The summed E-state index contributed by atoms with van der Waals surface area (Å²) in [6, 6.07) is 15.7. The van der Waals surface area contributed by atoms with Crippen LogP contribution in [0.25, 0.3) is 11.0 Å². The topological polar surface area (TPSA) is 106 Å². The van der Waals surface area contributed by atoms with Crippen LogP contribution in [0, 0.1) is 0 Å². The first-order valence-electron chi connectivity index (χ1n) is 10.8. The van der Waals surface area contributed by atoms with Crippen molar-refractivity contribution in [2.45, 2.75) is 39.3 Å². The number of fused-ring (bicyclic) bond motifs is 1. The monoisotopic (exact) mass is 450 g/mol. The fraction of sp³-hybridized carbons (Fsp3) is 0.280. The summed E-state index contributed by atoms with van der Waals surface area (Å²) in [5.74, 6) is -1.09. The molecule has 0 aliphatic heterocycles. The van der Waals surface area contributed by atoms with Crippen LogP contribution in [0.1, 0.15) is 42.6 Å². The Bertz CT molecular complexity index is 1190. The molecule has 1 aromatic heterocycles. The molecule has 1 heterocycles. The van der Waals surface area contributed by atoms with Gasteiger partial charge in [-0.05, 0) is 37.1 Å². The van der Waals surface area contributed by atoms with E-state index >= 15 is 0 Å². The lowest BCUT2D eigenvalue weighted by atomic mass is 10.1. The van der Waals surface area contributed by atoms with E-state index in [4.69, 9.17) is 9.15 Å². The van der Waals surface area contributed by atoms with Crippen LogP contribution in [0.3, 0.4) is 0 Å². The van der Waals surface area contributed by atoms with Gasteiger partial charge in [-0.3, -0.25) is 14.5 Å². The van der Waals surface area contributed by atoms with Crippen LogP contribution >= 0.6 is 0 Å². The van der Waals surface area contributed by atoms with Gasteiger partial charge in [0, 0.05) is 23.6 Å². The van der Waals surface area contributed by atoms with E-state index in [0.717, 1.165) is 16.9 Å². The maximum absolute atomic E-state index is 13.2. The lowest BCUT2D eigenvalue weighted by Gasteiger charge is -2.24. The molecule has 0 unspecified atom stereocenters. The number of rotatable bonds is 8. The molecular weight excluding hydrogens is 424 g/mol. The zero-order valence-corrected chi connectivity index (χ0v) is 18.6. The standard InChI is InChI=1S/C25H26N2O6/c1-3-4-14-27(24(30)20-11-10-19-12-13-22(28)33-21(19)15-20)23(29)17(2)26-25(31)32-16-18-8-6-5-7-9-18/h5-13,15,17H,3-4,14,16H2,1-2H3,(H,26,31)/t17-/m0/s1. The van der Waals surface area contributed by atoms with E-state index in [9.17, 15) is 19.2 Å². The summed E-state index contributed by atoms with van der Waals surface area (Å²) in [5, 5.41) is 3.15. The van der Waals surface area contributed by atoms with Crippen LogP contribution in [0.2, 0.25) is 0 Å². The third-order valence-electron chi connectivity index (χ3n) is 5.03. The van der Waals surface area contributed by atoms with Gasteiger partial charge >= 0.3 is 11.7 Å². The summed E-state index contributed by atoms with van der Waals surface area (Å²) in [7, 11) is 0. The average Bonchev–Trinajstić information content (AvgIpc) is 2.82. The van der Waals surface area contributed by atoms with Crippen molar-refractivity contribution in [2.24, 2.45) is 0 Å². The van der Waals surface area contributed by atoms with Gasteiger partial charge in [-0.2, -0.15) is 0 Å². The minimum absolute atomic E-state index is 0.0638. The molecule has 1 atom stereocenters. The smallest absolute Gasteiger partial charge is 0.408 e. The number of hydrogen-bond donors (Lipinski definition) is 1. The number of imide groups is 1. The number of ether oxygens (including phenoxy) is 1. The Labute approximate surface area is 191 Å².